The largest absolute Gasteiger partial charge is 0.467 e. The Hall–Kier alpha value is -1.67. The summed E-state index contributed by atoms with van der Waals surface area (Å²) in [6, 6.07) is 0. The van der Waals surface area contributed by atoms with Crippen LogP contribution in [0.1, 0.15) is 20.8 Å². The SMILES string of the molecule is COC(=O)C1(C(=O)OC)CN1O[C@H](C)C(=O)OC(C)C. The van der Waals surface area contributed by atoms with Gasteiger partial charge < -0.3 is 14.2 Å². The highest BCUT2D eigenvalue weighted by molar-refractivity contribution is 6.08. The van der Waals surface area contributed by atoms with E-state index in [0.29, 0.717) is 0 Å². The Morgan fingerprint density at radius 3 is 1.95 bits per heavy atom. The molecule has 8 heteroatoms. The van der Waals surface area contributed by atoms with Crippen molar-refractivity contribution in [2.24, 2.45) is 0 Å². The molecule has 2 atom stereocenters. The molecule has 0 aromatic carbocycles. The molecule has 0 amide bonds. The smallest absolute Gasteiger partial charge is 0.341 e. The first-order valence-electron chi connectivity index (χ1n) is 6.11. The molecule has 8 nitrogen and oxygen atoms in total. The van der Waals surface area contributed by atoms with Crippen LogP contribution in [0.4, 0.5) is 0 Å². The van der Waals surface area contributed by atoms with Crippen molar-refractivity contribution in [1.82, 2.24) is 5.06 Å². The van der Waals surface area contributed by atoms with Gasteiger partial charge in [0.25, 0.3) is 5.54 Å². The molecule has 1 rings (SSSR count). The van der Waals surface area contributed by atoms with E-state index in [4.69, 9.17) is 9.57 Å². The van der Waals surface area contributed by atoms with Gasteiger partial charge in [0, 0.05) is 0 Å². The molecular formula is C12H19NO7. The number of hydrogen-bond donors (Lipinski definition) is 0. The highest BCUT2D eigenvalue weighted by atomic mass is 16.7. The number of ether oxygens (including phenoxy) is 3. The second kappa shape index (κ2) is 6.19. The molecule has 1 unspecified atom stereocenters. The normalized spacial score (nSPS) is 21.0. The average molecular weight is 289 g/mol. The van der Waals surface area contributed by atoms with Crippen LogP contribution in [-0.4, -0.2) is 61.5 Å². The van der Waals surface area contributed by atoms with Crippen molar-refractivity contribution >= 4 is 17.9 Å². The van der Waals surface area contributed by atoms with Crippen molar-refractivity contribution < 1.29 is 33.4 Å². The van der Waals surface area contributed by atoms with Crippen molar-refractivity contribution in [2.45, 2.75) is 38.5 Å². The lowest BCUT2D eigenvalue weighted by atomic mass is 10.1. The lowest BCUT2D eigenvalue weighted by molar-refractivity contribution is -0.194. The van der Waals surface area contributed by atoms with Gasteiger partial charge in [0.15, 0.2) is 6.10 Å². The van der Waals surface area contributed by atoms with Crippen LogP contribution in [0.3, 0.4) is 0 Å². The zero-order valence-corrected chi connectivity index (χ0v) is 12.2. The van der Waals surface area contributed by atoms with Crippen LogP contribution in [-0.2, 0) is 33.4 Å². The summed E-state index contributed by atoms with van der Waals surface area (Å²) in [7, 11) is 2.31. The Balaban J connectivity index is 2.68. The van der Waals surface area contributed by atoms with Crippen LogP contribution in [0.2, 0.25) is 0 Å². The first-order chi connectivity index (χ1) is 9.29. The summed E-state index contributed by atoms with van der Waals surface area (Å²) < 4.78 is 14.1. The van der Waals surface area contributed by atoms with Crippen molar-refractivity contribution in [1.29, 1.82) is 0 Å². The van der Waals surface area contributed by atoms with Gasteiger partial charge in [-0.25, -0.2) is 14.4 Å². The van der Waals surface area contributed by atoms with E-state index in [9.17, 15) is 14.4 Å². The number of rotatable bonds is 6. The van der Waals surface area contributed by atoms with Gasteiger partial charge >= 0.3 is 17.9 Å². The summed E-state index contributed by atoms with van der Waals surface area (Å²) in [5.74, 6) is -2.18. The third-order valence-electron chi connectivity index (χ3n) is 2.71. The zero-order chi connectivity index (χ0) is 15.5. The number of esters is 3. The molecule has 0 aromatic heterocycles. The van der Waals surface area contributed by atoms with E-state index in [1.165, 1.54) is 6.92 Å². The highest BCUT2D eigenvalue weighted by Crippen LogP contribution is 2.36. The monoisotopic (exact) mass is 289 g/mol. The molecule has 20 heavy (non-hydrogen) atoms. The lowest BCUT2D eigenvalue weighted by Crippen LogP contribution is -2.42. The zero-order valence-electron chi connectivity index (χ0n) is 12.2. The van der Waals surface area contributed by atoms with Crippen LogP contribution in [0.15, 0.2) is 0 Å². The Bertz CT molecular complexity index is 391. The second-order valence-corrected chi connectivity index (χ2v) is 4.61. The van der Waals surface area contributed by atoms with Gasteiger partial charge in [0.1, 0.15) is 0 Å². The summed E-state index contributed by atoms with van der Waals surface area (Å²) in [5, 5.41) is 1.05. The molecule has 1 aliphatic rings. The van der Waals surface area contributed by atoms with E-state index >= 15 is 0 Å². The topological polar surface area (TPSA) is 91.1 Å². The Kier molecular flexibility index (Phi) is 5.07. The molecule has 0 aromatic rings. The van der Waals surface area contributed by atoms with Gasteiger partial charge in [-0.15, -0.1) is 0 Å². The molecule has 0 saturated carbocycles. The summed E-state index contributed by atoms with van der Waals surface area (Å²) in [6.07, 6.45) is -1.23. The number of methoxy groups -OCH3 is 2. The standard InChI is InChI=1S/C12H19NO7/c1-7(2)19-9(14)8(3)20-13-6-12(13,10(15)17-4)11(16)18-5/h7-8H,6H2,1-5H3/t8-,13?/m1/s1. The maximum Gasteiger partial charge on any atom is 0.341 e. The maximum absolute atomic E-state index is 11.7. The second-order valence-electron chi connectivity index (χ2n) is 4.61. The molecule has 0 bridgehead atoms. The van der Waals surface area contributed by atoms with Gasteiger partial charge in [-0.2, -0.15) is 5.06 Å². The summed E-state index contributed by atoms with van der Waals surface area (Å²) in [4.78, 5) is 40.2. The molecule has 114 valence electrons. The molecule has 0 spiro atoms. The van der Waals surface area contributed by atoms with Gasteiger partial charge in [0.2, 0.25) is 0 Å². The molecule has 1 heterocycles. The number of hydrogen-bond acceptors (Lipinski definition) is 8. The van der Waals surface area contributed by atoms with Gasteiger partial charge in [-0.3, -0.25) is 4.84 Å². The minimum atomic E-state index is -1.63. The molecule has 0 radical (unpaired) electrons. The van der Waals surface area contributed by atoms with Crippen LogP contribution in [0, 0.1) is 0 Å². The summed E-state index contributed by atoms with van der Waals surface area (Å²) in [6.45, 7) is 4.83. The molecular weight excluding hydrogens is 270 g/mol. The number of carbonyl (C=O) groups excluding carboxylic acids is 3. The van der Waals surface area contributed by atoms with Crippen LogP contribution in [0.25, 0.3) is 0 Å². The van der Waals surface area contributed by atoms with Crippen molar-refractivity contribution in [3.05, 3.63) is 0 Å². The van der Waals surface area contributed by atoms with E-state index in [-0.39, 0.29) is 12.6 Å². The van der Waals surface area contributed by atoms with Gasteiger partial charge in [0.05, 0.1) is 26.9 Å². The fraction of sp³-hybridized carbons (Fsp3) is 0.750. The molecule has 1 fully saturated rings. The molecule has 1 saturated heterocycles. The van der Waals surface area contributed by atoms with Crippen molar-refractivity contribution in [3.8, 4) is 0 Å². The van der Waals surface area contributed by atoms with Gasteiger partial charge in [-0.05, 0) is 20.8 Å². The third-order valence-corrected chi connectivity index (χ3v) is 2.71. The Labute approximate surface area is 116 Å². The average Bonchev–Trinajstić information content (AvgIpc) is 3.11. The van der Waals surface area contributed by atoms with Crippen LogP contribution >= 0.6 is 0 Å². The third kappa shape index (κ3) is 3.07. The Morgan fingerprint density at radius 1 is 1.05 bits per heavy atom. The highest BCUT2D eigenvalue weighted by Gasteiger charge is 2.69. The Morgan fingerprint density at radius 2 is 1.55 bits per heavy atom. The molecule has 0 aliphatic carbocycles. The van der Waals surface area contributed by atoms with E-state index in [1.54, 1.807) is 13.8 Å². The minimum Gasteiger partial charge on any atom is -0.467 e. The number of hydroxylamine groups is 2. The minimum absolute atomic E-state index is 0.0361. The van der Waals surface area contributed by atoms with Crippen LogP contribution < -0.4 is 0 Å². The van der Waals surface area contributed by atoms with E-state index in [1.807, 2.05) is 0 Å². The quantitative estimate of drug-likeness (QED) is 0.284. The van der Waals surface area contributed by atoms with E-state index in [2.05, 4.69) is 9.47 Å². The number of nitrogens with zero attached hydrogens (tertiary/aromatic N) is 1. The first-order valence-corrected chi connectivity index (χ1v) is 6.11. The maximum atomic E-state index is 11.7. The summed E-state index contributed by atoms with van der Waals surface area (Å²) >= 11 is 0. The number of carbonyl (C=O) groups is 3. The van der Waals surface area contributed by atoms with E-state index in [0.717, 1.165) is 19.3 Å². The van der Waals surface area contributed by atoms with Crippen molar-refractivity contribution in [2.75, 3.05) is 20.8 Å². The first kappa shape index (κ1) is 16.4. The molecule has 0 N–H and O–H groups in total. The predicted octanol–water partition coefficient (Wildman–Crippen LogP) is -0.341. The summed E-state index contributed by atoms with van der Waals surface area (Å²) in [5.41, 5.74) is -1.63. The fourth-order valence-electron chi connectivity index (χ4n) is 1.62. The lowest BCUT2D eigenvalue weighted by Gasteiger charge is -2.17. The van der Waals surface area contributed by atoms with Crippen LogP contribution in [0.5, 0.6) is 0 Å². The fourth-order valence-corrected chi connectivity index (χ4v) is 1.62. The van der Waals surface area contributed by atoms with E-state index < -0.39 is 29.6 Å². The predicted molar refractivity (Wildman–Crippen MR) is 65.2 cm³/mol. The van der Waals surface area contributed by atoms with Crippen molar-refractivity contribution in [3.63, 3.8) is 0 Å². The molecule has 1 aliphatic heterocycles. The van der Waals surface area contributed by atoms with Gasteiger partial charge in [-0.1, -0.05) is 0 Å².